The molecule has 3 aromatic carbocycles. The van der Waals surface area contributed by atoms with Crippen LogP contribution in [-0.2, 0) is 32.6 Å². The van der Waals surface area contributed by atoms with Gasteiger partial charge in [-0.1, -0.05) is 66.9 Å². The van der Waals surface area contributed by atoms with E-state index in [1.807, 2.05) is 30.3 Å². The molecule has 0 heterocycles. The van der Waals surface area contributed by atoms with Gasteiger partial charge >= 0.3 is 0 Å². The first-order valence-electron chi connectivity index (χ1n) is 13.2. The van der Waals surface area contributed by atoms with Crippen molar-refractivity contribution in [2.24, 2.45) is 0 Å². The molecule has 1 saturated carbocycles. The zero-order valence-corrected chi connectivity index (χ0v) is 23.9. The Morgan fingerprint density at radius 1 is 0.950 bits per heavy atom. The molecule has 0 unspecified atom stereocenters. The number of anilines is 1. The van der Waals surface area contributed by atoms with E-state index in [1.54, 1.807) is 24.3 Å². The van der Waals surface area contributed by atoms with Crippen LogP contribution >= 0.6 is 11.6 Å². The highest BCUT2D eigenvalue weighted by atomic mass is 35.5. The number of amides is 2. The van der Waals surface area contributed by atoms with Crippen LogP contribution in [0.4, 0.5) is 10.1 Å². The number of carbonyl (C=O) groups is 2. The molecule has 40 heavy (non-hydrogen) atoms. The maximum atomic E-state index is 14.0. The lowest BCUT2D eigenvalue weighted by molar-refractivity contribution is -0.140. The predicted molar refractivity (Wildman–Crippen MR) is 155 cm³/mol. The Kier molecular flexibility index (Phi) is 9.81. The van der Waals surface area contributed by atoms with Gasteiger partial charge < -0.3 is 10.2 Å². The third-order valence-electron chi connectivity index (χ3n) is 7.03. The molecule has 1 atom stereocenters. The molecule has 3 aromatic rings. The van der Waals surface area contributed by atoms with Crippen LogP contribution in [0.25, 0.3) is 0 Å². The second-order valence-corrected chi connectivity index (χ2v) is 12.4. The topological polar surface area (TPSA) is 86.8 Å². The second kappa shape index (κ2) is 13.3. The summed E-state index contributed by atoms with van der Waals surface area (Å²) >= 11 is 6.08. The van der Waals surface area contributed by atoms with E-state index in [1.165, 1.54) is 17.0 Å². The summed E-state index contributed by atoms with van der Waals surface area (Å²) in [6, 6.07) is 20.3. The van der Waals surface area contributed by atoms with Crippen molar-refractivity contribution in [3.05, 3.63) is 101 Å². The van der Waals surface area contributed by atoms with Crippen LogP contribution in [0.5, 0.6) is 0 Å². The fourth-order valence-electron chi connectivity index (χ4n) is 4.93. The molecule has 0 saturated heterocycles. The minimum atomic E-state index is -3.92. The Morgan fingerprint density at radius 2 is 1.57 bits per heavy atom. The van der Waals surface area contributed by atoms with Crippen molar-refractivity contribution in [1.29, 1.82) is 0 Å². The molecule has 1 aliphatic carbocycles. The van der Waals surface area contributed by atoms with Gasteiger partial charge in [-0.25, -0.2) is 12.8 Å². The van der Waals surface area contributed by atoms with E-state index in [4.69, 9.17) is 11.6 Å². The van der Waals surface area contributed by atoms with Crippen LogP contribution in [0.3, 0.4) is 0 Å². The quantitative estimate of drug-likeness (QED) is 0.345. The van der Waals surface area contributed by atoms with Crippen molar-refractivity contribution in [2.75, 3.05) is 17.1 Å². The highest BCUT2D eigenvalue weighted by Gasteiger charge is 2.34. The van der Waals surface area contributed by atoms with Crippen molar-refractivity contribution in [2.45, 2.75) is 50.7 Å². The van der Waals surface area contributed by atoms with Gasteiger partial charge in [0.15, 0.2) is 0 Å². The standard InChI is InChI=1S/C30H33ClFN3O4S/c1-40(38,39)35(27-17-15-25(32)16-18-27)21-29(36)34(20-23-11-13-24(31)14-12-23)28(19-22-7-3-2-4-8-22)30(37)33-26-9-5-6-10-26/h2-4,7-8,11-18,26,28H,5-6,9-10,19-21H2,1H3,(H,33,37)/t28-/m1/s1. The average Bonchev–Trinajstić information content (AvgIpc) is 3.44. The van der Waals surface area contributed by atoms with Crippen LogP contribution in [0, 0.1) is 5.82 Å². The summed E-state index contributed by atoms with van der Waals surface area (Å²) in [6.07, 6.45) is 5.05. The highest BCUT2D eigenvalue weighted by molar-refractivity contribution is 7.92. The van der Waals surface area contributed by atoms with E-state index >= 15 is 0 Å². The van der Waals surface area contributed by atoms with Gasteiger partial charge in [-0.05, 0) is 60.4 Å². The van der Waals surface area contributed by atoms with E-state index in [0.29, 0.717) is 5.02 Å². The first-order valence-corrected chi connectivity index (χ1v) is 15.4. The Balaban J connectivity index is 1.71. The summed E-state index contributed by atoms with van der Waals surface area (Å²) in [4.78, 5) is 29.2. The summed E-state index contributed by atoms with van der Waals surface area (Å²) in [5.41, 5.74) is 1.75. The lowest BCUT2D eigenvalue weighted by atomic mass is 10.0. The van der Waals surface area contributed by atoms with Gasteiger partial charge in [-0.2, -0.15) is 0 Å². The number of halogens is 2. The zero-order valence-electron chi connectivity index (χ0n) is 22.3. The molecular weight excluding hydrogens is 553 g/mol. The molecule has 7 nitrogen and oxygen atoms in total. The van der Waals surface area contributed by atoms with E-state index in [-0.39, 0.29) is 30.6 Å². The predicted octanol–water partition coefficient (Wildman–Crippen LogP) is 4.94. The van der Waals surface area contributed by atoms with Crippen molar-refractivity contribution < 1.29 is 22.4 Å². The van der Waals surface area contributed by atoms with Crippen molar-refractivity contribution in [1.82, 2.24) is 10.2 Å². The molecule has 10 heteroatoms. The van der Waals surface area contributed by atoms with Crippen LogP contribution in [0.15, 0.2) is 78.9 Å². The Morgan fingerprint density at radius 3 is 2.17 bits per heavy atom. The van der Waals surface area contributed by atoms with Gasteiger partial charge in [0.1, 0.15) is 18.4 Å². The summed E-state index contributed by atoms with van der Waals surface area (Å²) in [7, 11) is -3.92. The number of sulfonamides is 1. The van der Waals surface area contributed by atoms with Crippen molar-refractivity contribution in [3.8, 4) is 0 Å². The average molecular weight is 586 g/mol. The monoisotopic (exact) mass is 585 g/mol. The minimum absolute atomic E-state index is 0.0324. The molecule has 0 aliphatic heterocycles. The van der Waals surface area contributed by atoms with Crippen LogP contribution in [0.1, 0.15) is 36.8 Å². The summed E-state index contributed by atoms with van der Waals surface area (Å²) in [6.45, 7) is -0.493. The van der Waals surface area contributed by atoms with Crippen molar-refractivity contribution >= 4 is 39.1 Å². The van der Waals surface area contributed by atoms with E-state index in [9.17, 15) is 22.4 Å². The number of hydrogen-bond acceptors (Lipinski definition) is 4. The molecular formula is C30H33ClFN3O4S. The van der Waals surface area contributed by atoms with E-state index in [2.05, 4.69) is 5.32 Å². The van der Waals surface area contributed by atoms with Gasteiger partial charge in [-0.3, -0.25) is 13.9 Å². The molecule has 0 spiro atoms. The molecule has 1 aliphatic rings. The summed E-state index contributed by atoms with van der Waals surface area (Å²) in [5.74, 6) is -1.38. The highest BCUT2D eigenvalue weighted by Crippen LogP contribution is 2.23. The van der Waals surface area contributed by atoms with Gasteiger partial charge in [0.25, 0.3) is 0 Å². The van der Waals surface area contributed by atoms with E-state index < -0.39 is 34.3 Å². The molecule has 0 bridgehead atoms. The fraction of sp³-hybridized carbons (Fsp3) is 0.333. The van der Waals surface area contributed by atoms with Gasteiger partial charge in [0.05, 0.1) is 11.9 Å². The number of nitrogens with zero attached hydrogens (tertiary/aromatic N) is 2. The zero-order chi connectivity index (χ0) is 28.7. The fourth-order valence-corrected chi connectivity index (χ4v) is 5.90. The number of hydrogen-bond donors (Lipinski definition) is 1. The SMILES string of the molecule is CS(=O)(=O)N(CC(=O)N(Cc1ccc(Cl)cc1)[C@H](Cc1ccccc1)C(=O)NC1CCCC1)c1ccc(F)cc1. The first-order chi connectivity index (χ1) is 19.1. The minimum Gasteiger partial charge on any atom is -0.352 e. The lowest BCUT2D eigenvalue weighted by Crippen LogP contribution is -2.54. The van der Waals surface area contributed by atoms with Crippen LogP contribution < -0.4 is 9.62 Å². The molecule has 4 rings (SSSR count). The smallest absolute Gasteiger partial charge is 0.244 e. The normalized spacial score (nSPS) is 14.5. The van der Waals surface area contributed by atoms with Crippen LogP contribution in [-0.4, -0.2) is 50.0 Å². The molecule has 1 N–H and O–H groups in total. The maximum absolute atomic E-state index is 14.0. The summed E-state index contributed by atoms with van der Waals surface area (Å²) in [5, 5.41) is 3.65. The lowest BCUT2D eigenvalue weighted by Gasteiger charge is -2.34. The van der Waals surface area contributed by atoms with Gasteiger partial charge in [0.2, 0.25) is 21.8 Å². The van der Waals surface area contributed by atoms with Gasteiger partial charge in [-0.15, -0.1) is 0 Å². The number of nitrogens with one attached hydrogen (secondary N) is 1. The molecule has 0 aromatic heterocycles. The molecule has 0 radical (unpaired) electrons. The van der Waals surface area contributed by atoms with Gasteiger partial charge in [0, 0.05) is 24.0 Å². The van der Waals surface area contributed by atoms with E-state index in [0.717, 1.165) is 59.5 Å². The number of benzene rings is 3. The second-order valence-electron chi connectivity index (χ2n) is 10.1. The number of rotatable bonds is 11. The summed E-state index contributed by atoms with van der Waals surface area (Å²) < 4.78 is 40.0. The first kappa shape index (κ1) is 29.6. The van der Waals surface area contributed by atoms with Crippen molar-refractivity contribution in [3.63, 3.8) is 0 Å². The molecule has 1 fully saturated rings. The number of carbonyl (C=O) groups excluding carboxylic acids is 2. The molecule has 212 valence electrons. The molecule has 2 amide bonds. The maximum Gasteiger partial charge on any atom is 0.244 e. The largest absolute Gasteiger partial charge is 0.352 e. The Labute approximate surface area is 240 Å². The third-order valence-corrected chi connectivity index (χ3v) is 8.43. The van der Waals surface area contributed by atoms with Crippen LogP contribution in [0.2, 0.25) is 5.02 Å². The third kappa shape index (κ3) is 8.05. The Bertz CT molecular complexity index is 1400. The Hall–Kier alpha value is -3.43.